The lowest BCUT2D eigenvalue weighted by molar-refractivity contribution is 0.102. The Kier molecular flexibility index (Phi) is 5.22. The Morgan fingerprint density at radius 1 is 0.949 bits per heavy atom. The number of rotatable bonds is 5. The molecule has 188 valence electrons. The van der Waals surface area contributed by atoms with Crippen molar-refractivity contribution in [2.24, 2.45) is 0 Å². The Morgan fingerprint density at radius 2 is 1.85 bits per heavy atom. The predicted molar refractivity (Wildman–Crippen MR) is 148 cm³/mol. The molecule has 0 spiro atoms. The maximum atomic E-state index is 12.6. The number of anilines is 1. The van der Waals surface area contributed by atoms with Gasteiger partial charge in [-0.1, -0.05) is 18.2 Å². The number of aromatic amines is 2. The number of H-pyrrole nitrogens is 2. The normalized spacial score (nSPS) is 11.3. The lowest BCUT2D eigenvalue weighted by atomic mass is 10.1. The highest BCUT2D eigenvalue weighted by Gasteiger charge is 2.16. The number of nitrogens with zero attached hydrogens (tertiary/aromatic N) is 6. The van der Waals surface area contributed by atoms with E-state index in [0.717, 1.165) is 50.3 Å². The summed E-state index contributed by atoms with van der Waals surface area (Å²) >= 11 is 0. The number of benzene rings is 1. The van der Waals surface area contributed by atoms with Gasteiger partial charge in [-0.15, -0.1) is 0 Å². The summed E-state index contributed by atoms with van der Waals surface area (Å²) in [6, 6.07) is 16.9. The lowest BCUT2D eigenvalue weighted by Gasteiger charge is -2.07. The van der Waals surface area contributed by atoms with Crippen LogP contribution < -0.4 is 5.32 Å². The van der Waals surface area contributed by atoms with Gasteiger partial charge >= 0.3 is 0 Å². The van der Waals surface area contributed by atoms with Crippen molar-refractivity contribution in [1.29, 1.82) is 0 Å². The van der Waals surface area contributed by atoms with E-state index in [-0.39, 0.29) is 5.91 Å². The minimum Gasteiger partial charge on any atom is -0.338 e. The number of carbonyl (C=O) groups is 1. The van der Waals surface area contributed by atoms with Gasteiger partial charge in [0.1, 0.15) is 11.3 Å². The van der Waals surface area contributed by atoms with E-state index in [1.165, 1.54) is 0 Å². The molecule has 0 radical (unpaired) electrons. The van der Waals surface area contributed by atoms with Crippen LogP contribution in [0, 0.1) is 6.92 Å². The molecule has 0 aliphatic heterocycles. The van der Waals surface area contributed by atoms with Crippen molar-refractivity contribution < 1.29 is 4.79 Å². The molecule has 3 N–H and O–H groups in total. The van der Waals surface area contributed by atoms with Crippen LogP contribution in [0.3, 0.4) is 0 Å². The molecular formula is C29H21N9O. The molecule has 0 saturated heterocycles. The van der Waals surface area contributed by atoms with Crippen LogP contribution in [-0.4, -0.2) is 45.6 Å². The predicted octanol–water partition coefficient (Wildman–Crippen LogP) is 5.31. The van der Waals surface area contributed by atoms with E-state index in [1.807, 2.05) is 60.2 Å². The van der Waals surface area contributed by atoms with Gasteiger partial charge in [-0.3, -0.25) is 19.9 Å². The third kappa shape index (κ3) is 4.09. The molecule has 0 bridgehead atoms. The molecule has 39 heavy (non-hydrogen) atoms. The van der Waals surface area contributed by atoms with Crippen molar-refractivity contribution in [3.8, 4) is 28.3 Å². The van der Waals surface area contributed by atoms with Crippen molar-refractivity contribution >= 4 is 33.5 Å². The Hall–Kier alpha value is -5.64. The number of pyridine rings is 3. The largest absolute Gasteiger partial charge is 0.338 e. The van der Waals surface area contributed by atoms with E-state index in [4.69, 9.17) is 0 Å². The Labute approximate surface area is 221 Å². The first-order chi connectivity index (χ1) is 19.1. The maximum absolute atomic E-state index is 12.6. The standard InChI is InChI=1S/C29H21N9O/c1-17-15-38(16-33-17)26-7-8-31-28-22(26)11-24(35-28)27-21-10-23(32-14-25(21)36-37-27)19-9-20(13-30-12-19)34-29(39)18-5-3-2-4-6-18/h2-16H,1H3,(H,31,35)(H,34,39)(H,36,37). The number of imidazole rings is 1. The van der Waals surface area contributed by atoms with Crippen molar-refractivity contribution in [1.82, 2.24) is 39.7 Å². The summed E-state index contributed by atoms with van der Waals surface area (Å²) in [7, 11) is 0. The Balaban J connectivity index is 1.25. The maximum Gasteiger partial charge on any atom is 0.255 e. The fourth-order valence-corrected chi connectivity index (χ4v) is 4.64. The van der Waals surface area contributed by atoms with Crippen LogP contribution in [0.5, 0.6) is 0 Å². The van der Waals surface area contributed by atoms with Crippen molar-refractivity contribution in [2.75, 3.05) is 5.32 Å². The molecule has 0 aliphatic carbocycles. The zero-order valence-corrected chi connectivity index (χ0v) is 20.8. The van der Waals surface area contributed by atoms with E-state index in [0.29, 0.717) is 16.9 Å². The summed E-state index contributed by atoms with van der Waals surface area (Å²) < 4.78 is 1.98. The SMILES string of the molecule is Cc1cn(-c2ccnc3[nH]c(-c4n[nH]c5cnc(-c6cncc(NC(=O)c7ccccc7)c6)cc45)cc23)cn1. The van der Waals surface area contributed by atoms with E-state index in [2.05, 4.69) is 40.4 Å². The summed E-state index contributed by atoms with van der Waals surface area (Å²) in [6.07, 6.45) is 10.6. The molecule has 7 aromatic rings. The number of aryl methyl sites for hydroxylation is 1. The number of hydrogen-bond donors (Lipinski definition) is 3. The number of nitrogens with one attached hydrogen (secondary N) is 3. The average Bonchev–Trinajstić information content (AvgIpc) is 3.71. The van der Waals surface area contributed by atoms with E-state index >= 15 is 0 Å². The molecule has 0 saturated carbocycles. The second-order valence-corrected chi connectivity index (χ2v) is 9.17. The number of hydrogen-bond acceptors (Lipinski definition) is 6. The number of amides is 1. The average molecular weight is 512 g/mol. The second kappa shape index (κ2) is 9.03. The smallest absolute Gasteiger partial charge is 0.255 e. The van der Waals surface area contributed by atoms with Crippen LogP contribution in [0.25, 0.3) is 50.3 Å². The minimum absolute atomic E-state index is 0.201. The number of carbonyl (C=O) groups excluding carboxylic acids is 1. The highest BCUT2D eigenvalue weighted by atomic mass is 16.1. The van der Waals surface area contributed by atoms with Crippen LogP contribution in [0.15, 0.2) is 91.9 Å². The van der Waals surface area contributed by atoms with E-state index in [1.54, 1.807) is 43.2 Å². The first-order valence-electron chi connectivity index (χ1n) is 12.3. The fraction of sp³-hybridized carbons (Fsp3) is 0.0345. The van der Waals surface area contributed by atoms with Crippen molar-refractivity contribution in [3.63, 3.8) is 0 Å². The summed E-state index contributed by atoms with van der Waals surface area (Å²) in [6.45, 7) is 1.96. The van der Waals surface area contributed by atoms with Gasteiger partial charge in [-0.05, 0) is 43.3 Å². The summed E-state index contributed by atoms with van der Waals surface area (Å²) in [5.74, 6) is -0.201. The van der Waals surface area contributed by atoms with Crippen LogP contribution in [0.4, 0.5) is 5.69 Å². The van der Waals surface area contributed by atoms with Crippen molar-refractivity contribution in [2.45, 2.75) is 6.92 Å². The number of aromatic nitrogens is 8. The van der Waals surface area contributed by atoms with Gasteiger partial charge in [0, 0.05) is 40.5 Å². The zero-order chi connectivity index (χ0) is 26.3. The van der Waals surface area contributed by atoms with Gasteiger partial charge in [-0.2, -0.15) is 5.10 Å². The second-order valence-electron chi connectivity index (χ2n) is 9.17. The molecule has 0 fully saturated rings. The molecular weight excluding hydrogens is 490 g/mol. The monoisotopic (exact) mass is 511 g/mol. The van der Waals surface area contributed by atoms with Crippen LogP contribution >= 0.6 is 0 Å². The topological polar surface area (TPSA) is 130 Å². The molecule has 0 atom stereocenters. The fourth-order valence-electron chi connectivity index (χ4n) is 4.64. The Morgan fingerprint density at radius 3 is 2.69 bits per heavy atom. The van der Waals surface area contributed by atoms with Gasteiger partial charge in [0.2, 0.25) is 0 Å². The summed E-state index contributed by atoms with van der Waals surface area (Å²) in [5, 5.41) is 12.4. The van der Waals surface area contributed by atoms with Crippen LogP contribution in [-0.2, 0) is 0 Å². The Bertz CT molecular complexity index is 1980. The third-order valence-corrected chi connectivity index (χ3v) is 6.53. The van der Waals surface area contributed by atoms with Gasteiger partial charge < -0.3 is 14.9 Å². The van der Waals surface area contributed by atoms with Crippen LogP contribution in [0.2, 0.25) is 0 Å². The van der Waals surface area contributed by atoms with Crippen LogP contribution in [0.1, 0.15) is 16.1 Å². The molecule has 7 rings (SSSR count). The quantitative estimate of drug-likeness (QED) is 0.287. The molecule has 0 unspecified atom stereocenters. The molecule has 1 amide bonds. The highest BCUT2D eigenvalue weighted by molar-refractivity contribution is 6.04. The molecule has 10 nitrogen and oxygen atoms in total. The van der Waals surface area contributed by atoms with Gasteiger partial charge in [0.15, 0.2) is 0 Å². The first kappa shape index (κ1) is 22.5. The molecule has 6 aromatic heterocycles. The van der Waals surface area contributed by atoms with E-state index < -0.39 is 0 Å². The molecule has 6 heterocycles. The van der Waals surface area contributed by atoms with Gasteiger partial charge in [-0.25, -0.2) is 9.97 Å². The molecule has 1 aromatic carbocycles. The van der Waals surface area contributed by atoms with Gasteiger partial charge in [0.05, 0.1) is 52.7 Å². The molecule has 10 heteroatoms. The van der Waals surface area contributed by atoms with E-state index in [9.17, 15) is 4.79 Å². The zero-order valence-electron chi connectivity index (χ0n) is 20.8. The number of fused-ring (bicyclic) bond motifs is 2. The third-order valence-electron chi connectivity index (χ3n) is 6.53. The minimum atomic E-state index is -0.201. The van der Waals surface area contributed by atoms with Gasteiger partial charge in [0.25, 0.3) is 5.91 Å². The lowest BCUT2D eigenvalue weighted by Crippen LogP contribution is -2.11. The van der Waals surface area contributed by atoms with Crippen molar-refractivity contribution in [3.05, 3.63) is 103 Å². The summed E-state index contributed by atoms with van der Waals surface area (Å²) in [5.41, 5.74) is 7.68. The molecule has 0 aliphatic rings. The first-order valence-corrected chi connectivity index (χ1v) is 12.3. The summed E-state index contributed by atoms with van der Waals surface area (Å²) in [4.78, 5) is 33.8. The highest BCUT2D eigenvalue weighted by Crippen LogP contribution is 2.32.